The van der Waals surface area contributed by atoms with Gasteiger partial charge in [-0.05, 0) is 25.5 Å². The molecule has 0 aliphatic carbocycles. The van der Waals surface area contributed by atoms with Gasteiger partial charge in [-0.25, -0.2) is 8.78 Å². The minimum atomic E-state index is -0.911. The van der Waals surface area contributed by atoms with Crippen LogP contribution >= 0.6 is 0 Å². The number of rotatable bonds is 3. The first kappa shape index (κ1) is 14.4. The molecule has 0 bridgehead atoms. The molecule has 1 aliphatic rings. The Morgan fingerprint density at radius 3 is 2.85 bits per heavy atom. The van der Waals surface area contributed by atoms with E-state index in [-0.39, 0.29) is 12.1 Å². The van der Waals surface area contributed by atoms with Gasteiger partial charge in [0.1, 0.15) is 17.7 Å². The lowest BCUT2D eigenvalue weighted by molar-refractivity contribution is -0.143. The molecule has 2 atom stereocenters. The van der Waals surface area contributed by atoms with Crippen molar-refractivity contribution in [1.29, 1.82) is 5.26 Å². The number of nitriles is 1. The Morgan fingerprint density at radius 1 is 1.50 bits per heavy atom. The van der Waals surface area contributed by atoms with Crippen LogP contribution in [0.4, 0.5) is 8.78 Å². The Balaban J connectivity index is 2.24. The number of carboxylic acid groups (broad SMARTS) is 1. The Labute approximate surface area is 115 Å². The maximum Gasteiger partial charge on any atom is 0.307 e. The Hall–Kier alpha value is -2.00. The topological polar surface area (TPSA) is 64.3 Å². The van der Waals surface area contributed by atoms with Crippen LogP contribution in [0.25, 0.3) is 0 Å². The maximum atomic E-state index is 13.8. The van der Waals surface area contributed by atoms with E-state index in [0.717, 1.165) is 12.1 Å². The van der Waals surface area contributed by atoms with Gasteiger partial charge in [0, 0.05) is 18.2 Å². The van der Waals surface area contributed by atoms with Gasteiger partial charge in [0.05, 0.1) is 12.0 Å². The van der Waals surface area contributed by atoms with Gasteiger partial charge in [0.25, 0.3) is 0 Å². The summed E-state index contributed by atoms with van der Waals surface area (Å²) in [6.07, 6.45) is 1.19. The molecule has 0 amide bonds. The lowest BCUT2D eigenvalue weighted by Crippen LogP contribution is -2.40. The number of nitrogens with zero attached hydrogens (tertiary/aromatic N) is 2. The summed E-state index contributed by atoms with van der Waals surface area (Å²) in [5.74, 6) is -2.95. The van der Waals surface area contributed by atoms with E-state index in [1.54, 1.807) is 4.90 Å². The molecule has 0 saturated carbocycles. The largest absolute Gasteiger partial charge is 0.481 e. The highest BCUT2D eigenvalue weighted by atomic mass is 19.1. The predicted molar refractivity (Wildman–Crippen MR) is 66.6 cm³/mol. The van der Waals surface area contributed by atoms with Crippen molar-refractivity contribution in [3.63, 3.8) is 0 Å². The molecule has 2 rings (SSSR count). The molecule has 1 saturated heterocycles. The van der Waals surface area contributed by atoms with Gasteiger partial charge < -0.3 is 5.11 Å². The second-order valence-electron chi connectivity index (χ2n) is 4.87. The number of carbonyl (C=O) groups is 1. The monoisotopic (exact) mass is 280 g/mol. The summed E-state index contributed by atoms with van der Waals surface area (Å²) in [7, 11) is 0. The van der Waals surface area contributed by atoms with Crippen LogP contribution in [-0.4, -0.2) is 29.1 Å². The standard InChI is InChI=1S/C14H14F2N2O2/c15-10-3-4-11(12(16)6-10)13(7-17)18-5-1-2-9(8-18)14(19)20/h3-4,6,9,13H,1-2,5,8H2,(H,19,20). The molecule has 1 N–H and O–H groups in total. The highest BCUT2D eigenvalue weighted by Gasteiger charge is 2.31. The molecule has 0 radical (unpaired) electrons. The Bertz CT molecular complexity index is 557. The third-order valence-corrected chi connectivity index (χ3v) is 3.55. The van der Waals surface area contributed by atoms with Crippen LogP contribution in [0, 0.1) is 28.9 Å². The second-order valence-corrected chi connectivity index (χ2v) is 4.87. The molecule has 1 heterocycles. The van der Waals surface area contributed by atoms with Crippen molar-refractivity contribution in [3.05, 3.63) is 35.4 Å². The minimum absolute atomic E-state index is 0.0833. The summed E-state index contributed by atoms with van der Waals surface area (Å²) in [5, 5.41) is 18.3. The average Bonchev–Trinajstić information content (AvgIpc) is 2.42. The van der Waals surface area contributed by atoms with Crippen molar-refractivity contribution < 1.29 is 18.7 Å². The highest BCUT2D eigenvalue weighted by molar-refractivity contribution is 5.70. The van der Waals surface area contributed by atoms with E-state index in [1.807, 2.05) is 6.07 Å². The fourth-order valence-corrected chi connectivity index (χ4v) is 2.51. The summed E-state index contributed by atoms with van der Waals surface area (Å²) >= 11 is 0. The summed E-state index contributed by atoms with van der Waals surface area (Å²) in [6, 6.07) is 4.16. The molecule has 1 aromatic rings. The van der Waals surface area contributed by atoms with Crippen molar-refractivity contribution in [2.75, 3.05) is 13.1 Å². The van der Waals surface area contributed by atoms with E-state index in [9.17, 15) is 18.8 Å². The summed E-state index contributed by atoms with van der Waals surface area (Å²) in [6.45, 7) is 0.725. The third kappa shape index (κ3) is 2.94. The number of carboxylic acids is 1. The predicted octanol–water partition coefficient (Wildman–Crippen LogP) is 2.33. The van der Waals surface area contributed by atoms with Gasteiger partial charge in [-0.1, -0.05) is 6.07 Å². The Kier molecular flexibility index (Phi) is 4.30. The zero-order valence-electron chi connectivity index (χ0n) is 10.7. The van der Waals surface area contributed by atoms with Crippen molar-refractivity contribution in [1.82, 2.24) is 4.90 Å². The van der Waals surface area contributed by atoms with Crippen LogP contribution in [0.3, 0.4) is 0 Å². The van der Waals surface area contributed by atoms with Crippen LogP contribution in [0.2, 0.25) is 0 Å². The van der Waals surface area contributed by atoms with E-state index < -0.39 is 29.6 Å². The molecule has 4 nitrogen and oxygen atoms in total. The molecular weight excluding hydrogens is 266 g/mol. The maximum absolute atomic E-state index is 13.8. The minimum Gasteiger partial charge on any atom is -0.481 e. The van der Waals surface area contributed by atoms with Gasteiger partial charge >= 0.3 is 5.97 Å². The van der Waals surface area contributed by atoms with Crippen LogP contribution in [0.5, 0.6) is 0 Å². The number of likely N-dealkylation sites (tertiary alicyclic amines) is 1. The van der Waals surface area contributed by atoms with Crippen LogP contribution in [0.1, 0.15) is 24.4 Å². The lowest BCUT2D eigenvalue weighted by Gasteiger charge is -2.33. The van der Waals surface area contributed by atoms with E-state index in [1.165, 1.54) is 6.07 Å². The summed E-state index contributed by atoms with van der Waals surface area (Å²) in [5.41, 5.74) is 0.0833. The van der Waals surface area contributed by atoms with Gasteiger partial charge in [-0.15, -0.1) is 0 Å². The third-order valence-electron chi connectivity index (χ3n) is 3.55. The number of piperidine rings is 1. The first-order chi connectivity index (χ1) is 9.52. The van der Waals surface area contributed by atoms with Gasteiger partial charge in [0.15, 0.2) is 0 Å². The molecular formula is C14H14F2N2O2. The van der Waals surface area contributed by atoms with E-state index in [0.29, 0.717) is 19.4 Å². The second kappa shape index (κ2) is 5.97. The molecule has 20 heavy (non-hydrogen) atoms. The molecule has 6 heteroatoms. The number of benzene rings is 1. The van der Waals surface area contributed by atoms with E-state index in [4.69, 9.17) is 5.11 Å². The van der Waals surface area contributed by atoms with Crippen molar-refractivity contribution in [3.8, 4) is 6.07 Å². The zero-order valence-corrected chi connectivity index (χ0v) is 10.7. The molecule has 0 aromatic heterocycles. The molecule has 0 spiro atoms. The molecule has 1 fully saturated rings. The summed E-state index contributed by atoms with van der Waals surface area (Å²) < 4.78 is 26.7. The van der Waals surface area contributed by atoms with Crippen molar-refractivity contribution in [2.24, 2.45) is 5.92 Å². The molecule has 106 valence electrons. The lowest BCUT2D eigenvalue weighted by atomic mass is 9.95. The normalized spacial score (nSPS) is 21.1. The number of halogens is 2. The van der Waals surface area contributed by atoms with Crippen LogP contribution in [-0.2, 0) is 4.79 Å². The van der Waals surface area contributed by atoms with Crippen molar-refractivity contribution in [2.45, 2.75) is 18.9 Å². The first-order valence-corrected chi connectivity index (χ1v) is 6.34. The quantitative estimate of drug-likeness (QED) is 0.923. The zero-order chi connectivity index (χ0) is 14.7. The summed E-state index contributed by atoms with van der Waals surface area (Å²) in [4.78, 5) is 12.7. The average molecular weight is 280 g/mol. The van der Waals surface area contributed by atoms with Crippen LogP contribution in [0.15, 0.2) is 18.2 Å². The van der Waals surface area contributed by atoms with Gasteiger partial charge in [0.2, 0.25) is 0 Å². The van der Waals surface area contributed by atoms with Gasteiger partial charge in [-0.2, -0.15) is 5.26 Å². The smallest absolute Gasteiger partial charge is 0.307 e. The first-order valence-electron chi connectivity index (χ1n) is 6.34. The van der Waals surface area contributed by atoms with E-state index >= 15 is 0 Å². The number of hydrogen-bond donors (Lipinski definition) is 1. The van der Waals surface area contributed by atoms with Gasteiger partial charge in [-0.3, -0.25) is 9.69 Å². The van der Waals surface area contributed by atoms with Crippen LogP contribution < -0.4 is 0 Å². The Morgan fingerprint density at radius 2 is 2.25 bits per heavy atom. The number of hydrogen-bond acceptors (Lipinski definition) is 3. The highest BCUT2D eigenvalue weighted by Crippen LogP contribution is 2.28. The molecule has 1 aliphatic heterocycles. The fraction of sp³-hybridized carbons (Fsp3) is 0.429. The number of aliphatic carboxylic acids is 1. The SMILES string of the molecule is N#CC(c1ccc(F)cc1F)N1CCCC(C(=O)O)C1. The van der Waals surface area contributed by atoms with E-state index in [2.05, 4.69) is 0 Å². The molecule has 1 aromatic carbocycles. The van der Waals surface area contributed by atoms with Crippen molar-refractivity contribution >= 4 is 5.97 Å². The fourth-order valence-electron chi connectivity index (χ4n) is 2.51. The molecule has 2 unspecified atom stereocenters.